The summed E-state index contributed by atoms with van der Waals surface area (Å²) in [4.78, 5) is 11.7. The summed E-state index contributed by atoms with van der Waals surface area (Å²) in [7, 11) is 0. The van der Waals surface area contributed by atoms with Crippen LogP contribution in [0.2, 0.25) is 0 Å². The van der Waals surface area contributed by atoms with Gasteiger partial charge in [0.1, 0.15) is 5.69 Å². The molecule has 3 N–H and O–H groups in total. The fourth-order valence-electron chi connectivity index (χ4n) is 1.28. The van der Waals surface area contributed by atoms with Gasteiger partial charge in [0.05, 0.1) is 12.6 Å². The summed E-state index contributed by atoms with van der Waals surface area (Å²) in [5.41, 5.74) is 1.30. The van der Waals surface area contributed by atoms with Crippen LogP contribution >= 0.6 is 0 Å². The third-order valence-corrected chi connectivity index (χ3v) is 2.50. The van der Waals surface area contributed by atoms with Crippen LogP contribution in [0.1, 0.15) is 49.3 Å². The van der Waals surface area contributed by atoms with Gasteiger partial charge in [-0.15, -0.1) is 0 Å². The molecule has 0 fully saturated rings. The van der Waals surface area contributed by atoms with Crippen molar-refractivity contribution in [3.63, 3.8) is 0 Å². The quantitative estimate of drug-likeness (QED) is 0.700. The Bertz CT molecular complexity index is 343. The Labute approximate surface area is 95.3 Å². The number of hydrogen-bond acceptors (Lipinski definition) is 3. The number of hydrogen-bond donors (Lipinski definition) is 3. The molecular weight excluding hydrogens is 206 g/mol. The normalized spacial score (nSPS) is 12.8. The van der Waals surface area contributed by atoms with Crippen LogP contribution < -0.4 is 5.32 Å². The highest BCUT2D eigenvalue weighted by Gasteiger charge is 2.15. The highest BCUT2D eigenvalue weighted by Crippen LogP contribution is 2.11. The Hall–Kier alpha value is -1.36. The van der Waals surface area contributed by atoms with Crippen molar-refractivity contribution in [1.82, 2.24) is 15.5 Å². The van der Waals surface area contributed by atoms with Gasteiger partial charge in [0.15, 0.2) is 0 Å². The van der Waals surface area contributed by atoms with Gasteiger partial charge in [0.2, 0.25) is 0 Å². The molecule has 0 saturated heterocycles. The molecule has 1 atom stereocenters. The Kier molecular flexibility index (Phi) is 4.49. The average molecular weight is 225 g/mol. The summed E-state index contributed by atoms with van der Waals surface area (Å²) in [6.45, 7) is 5.91. The predicted octanol–water partition coefficient (Wildman–Crippen LogP) is 1.03. The number of aromatic amines is 1. The molecule has 0 aromatic carbocycles. The first kappa shape index (κ1) is 12.7. The van der Waals surface area contributed by atoms with Crippen molar-refractivity contribution in [2.45, 2.75) is 39.2 Å². The van der Waals surface area contributed by atoms with Crippen LogP contribution in [0.15, 0.2) is 6.07 Å². The van der Waals surface area contributed by atoms with Crippen LogP contribution in [0.25, 0.3) is 0 Å². The fourth-order valence-corrected chi connectivity index (χ4v) is 1.28. The van der Waals surface area contributed by atoms with Crippen LogP contribution in [0, 0.1) is 0 Å². The van der Waals surface area contributed by atoms with Gasteiger partial charge in [-0.25, -0.2) is 0 Å². The zero-order chi connectivity index (χ0) is 12.1. The first-order chi connectivity index (χ1) is 7.58. The van der Waals surface area contributed by atoms with Gasteiger partial charge in [-0.05, 0) is 18.4 Å². The molecule has 0 aliphatic rings. The molecule has 1 rings (SSSR count). The van der Waals surface area contributed by atoms with Crippen molar-refractivity contribution in [2.75, 3.05) is 6.61 Å². The zero-order valence-corrected chi connectivity index (χ0v) is 9.95. The molecule has 0 aliphatic carbocycles. The molecule has 1 amide bonds. The molecule has 1 aromatic rings. The number of aliphatic hydroxyl groups excluding tert-OH is 1. The average Bonchev–Trinajstić information content (AvgIpc) is 2.74. The van der Waals surface area contributed by atoms with Crippen molar-refractivity contribution >= 4 is 5.91 Å². The summed E-state index contributed by atoms with van der Waals surface area (Å²) in [6, 6.07) is 1.54. The molecule has 5 nitrogen and oxygen atoms in total. The number of amides is 1. The monoisotopic (exact) mass is 225 g/mol. The highest BCUT2D eigenvalue weighted by atomic mass is 16.3. The molecule has 0 spiro atoms. The Balaban J connectivity index is 2.65. The molecule has 16 heavy (non-hydrogen) atoms. The van der Waals surface area contributed by atoms with E-state index in [0.29, 0.717) is 18.0 Å². The Morgan fingerprint density at radius 2 is 2.31 bits per heavy atom. The molecule has 90 valence electrons. The molecule has 1 aromatic heterocycles. The van der Waals surface area contributed by atoms with E-state index >= 15 is 0 Å². The summed E-state index contributed by atoms with van der Waals surface area (Å²) in [5, 5.41) is 18.4. The van der Waals surface area contributed by atoms with Crippen molar-refractivity contribution < 1.29 is 9.90 Å². The number of aromatic nitrogens is 2. The number of H-pyrrole nitrogens is 1. The van der Waals surface area contributed by atoms with E-state index in [1.165, 1.54) is 0 Å². The SMILES string of the molecule is CCC(CO)NC(=O)c1cc(C(C)C)[nH]n1. The van der Waals surface area contributed by atoms with Crippen LogP contribution in [-0.2, 0) is 0 Å². The van der Waals surface area contributed by atoms with Crippen molar-refractivity contribution in [2.24, 2.45) is 0 Å². The van der Waals surface area contributed by atoms with Gasteiger partial charge in [-0.3, -0.25) is 9.89 Å². The fraction of sp³-hybridized carbons (Fsp3) is 0.636. The molecule has 0 saturated carbocycles. The maximum Gasteiger partial charge on any atom is 0.272 e. The Morgan fingerprint density at radius 3 is 2.75 bits per heavy atom. The lowest BCUT2D eigenvalue weighted by Gasteiger charge is -2.12. The molecule has 0 aliphatic heterocycles. The minimum Gasteiger partial charge on any atom is -0.394 e. The highest BCUT2D eigenvalue weighted by molar-refractivity contribution is 5.92. The molecule has 1 heterocycles. The molecule has 0 bridgehead atoms. The van der Waals surface area contributed by atoms with Gasteiger partial charge in [0, 0.05) is 5.69 Å². The molecule has 5 heteroatoms. The van der Waals surface area contributed by atoms with E-state index in [0.717, 1.165) is 5.69 Å². The van der Waals surface area contributed by atoms with Crippen molar-refractivity contribution in [3.8, 4) is 0 Å². The summed E-state index contributed by atoms with van der Waals surface area (Å²) in [6.07, 6.45) is 0.698. The van der Waals surface area contributed by atoms with Gasteiger partial charge in [-0.2, -0.15) is 5.10 Å². The third-order valence-electron chi connectivity index (χ3n) is 2.50. The van der Waals surface area contributed by atoms with Crippen molar-refractivity contribution in [3.05, 3.63) is 17.5 Å². The minimum atomic E-state index is -0.246. The number of nitrogens with one attached hydrogen (secondary N) is 2. The predicted molar refractivity (Wildman–Crippen MR) is 61.3 cm³/mol. The van der Waals surface area contributed by atoms with Crippen LogP contribution in [0.4, 0.5) is 0 Å². The van der Waals surface area contributed by atoms with E-state index in [4.69, 9.17) is 5.11 Å². The first-order valence-corrected chi connectivity index (χ1v) is 5.55. The summed E-state index contributed by atoms with van der Waals surface area (Å²) >= 11 is 0. The maximum absolute atomic E-state index is 11.7. The van der Waals surface area contributed by atoms with E-state index in [9.17, 15) is 4.79 Å². The standard InChI is InChI=1S/C11H19N3O2/c1-4-8(6-15)12-11(16)10-5-9(7(2)3)13-14-10/h5,7-8,15H,4,6H2,1-3H3,(H,12,16)(H,13,14). The van der Waals surface area contributed by atoms with Gasteiger partial charge >= 0.3 is 0 Å². The lowest BCUT2D eigenvalue weighted by atomic mass is 10.1. The summed E-state index contributed by atoms with van der Waals surface area (Å²) < 4.78 is 0. The van der Waals surface area contributed by atoms with E-state index < -0.39 is 0 Å². The Morgan fingerprint density at radius 1 is 1.62 bits per heavy atom. The smallest absolute Gasteiger partial charge is 0.272 e. The first-order valence-electron chi connectivity index (χ1n) is 5.55. The molecular formula is C11H19N3O2. The minimum absolute atomic E-state index is 0.0519. The van der Waals surface area contributed by atoms with Gasteiger partial charge in [0.25, 0.3) is 5.91 Å². The number of carbonyl (C=O) groups is 1. The largest absolute Gasteiger partial charge is 0.394 e. The number of carbonyl (C=O) groups excluding carboxylic acids is 1. The molecule has 1 unspecified atom stereocenters. The summed E-state index contributed by atoms with van der Waals surface area (Å²) in [5.74, 6) is 0.0675. The van der Waals surface area contributed by atoms with E-state index in [1.54, 1.807) is 6.07 Å². The second-order valence-corrected chi connectivity index (χ2v) is 4.12. The topological polar surface area (TPSA) is 78.0 Å². The second-order valence-electron chi connectivity index (χ2n) is 4.12. The third kappa shape index (κ3) is 3.06. The number of aliphatic hydroxyl groups is 1. The van der Waals surface area contributed by atoms with Crippen LogP contribution in [0.3, 0.4) is 0 Å². The van der Waals surface area contributed by atoms with E-state index in [-0.39, 0.29) is 18.6 Å². The maximum atomic E-state index is 11.7. The van der Waals surface area contributed by atoms with Gasteiger partial charge < -0.3 is 10.4 Å². The number of nitrogens with zero attached hydrogens (tertiary/aromatic N) is 1. The van der Waals surface area contributed by atoms with E-state index in [2.05, 4.69) is 15.5 Å². The van der Waals surface area contributed by atoms with Crippen molar-refractivity contribution in [1.29, 1.82) is 0 Å². The van der Waals surface area contributed by atoms with Gasteiger partial charge in [-0.1, -0.05) is 20.8 Å². The number of rotatable bonds is 5. The molecule has 0 radical (unpaired) electrons. The zero-order valence-electron chi connectivity index (χ0n) is 9.95. The van der Waals surface area contributed by atoms with Crippen LogP contribution in [0.5, 0.6) is 0 Å². The lowest BCUT2D eigenvalue weighted by Crippen LogP contribution is -2.37. The van der Waals surface area contributed by atoms with E-state index in [1.807, 2.05) is 20.8 Å². The lowest BCUT2D eigenvalue weighted by molar-refractivity contribution is 0.0910. The second kappa shape index (κ2) is 5.65. The van der Waals surface area contributed by atoms with Crippen LogP contribution in [-0.4, -0.2) is 33.9 Å².